The molecule has 0 bridgehead atoms. The lowest BCUT2D eigenvalue weighted by Gasteiger charge is -2.41. The van der Waals surface area contributed by atoms with Gasteiger partial charge < -0.3 is 10.2 Å². The van der Waals surface area contributed by atoms with E-state index in [4.69, 9.17) is 0 Å². The van der Waals surface area contributed by atoms with E-state index in [1.807, 2.05) is 18.2 Å². The zero-order chi connectivity index (χ0) is 15.8. The Morgan fingerprint density at radius 2 is 1.76 bits per heavy atom. The number of allylic oxidation sites excluding steroid dienone is 1. The van der Waals surface area contributed by atoms with E-state index >= 15 is 0 Å². The van der Waals surface area contributed by atoms with Gasteiger partial charge in [-0.2, -0.15) is 0 Å². The summed E-state index contributed by atoms with van der Waals surface area (Å²) in [6.07, 6.45) is -0.0878. The molecule has 0 spiro atoms. The Balaban J connectivity index is 2.69. The van der Waals surface area contributed by atoms with Crippen LogP contribution in [0.5, 0.6) is 0 Å². The van der Waals surface area contributed by atoms with Crippen LogP contribution in [0.3, 0.4) is 0 Å². The summed E-state index contributed by atoms with van der Waals surface area (Å²) in [5.41, 5.74) is -0.405. The predicted octanol–water partition coefficient (Wildman–Crippen LogP) is 2.53. The van der Waals surface area contributed by atoms with Crippen LogP contribution in [0.2, 0.25) is 0 Å². The molecule has 0 saturated heterocycles. The quantitative estimate of drug-likeness (QED) is 0.896. The van der Waals surface area contributed by atoms with E-state index in [9.17, 15) is 19.8 Å². The highest BCUT2D eigenvalue weighted by molar-refractivity contribution is 5.97. The summed E-state index contributed by atoms with van der Waals surface area (Å²) < 4.78 is 0. The van der Waals surface area contributed by atoms with Crippen LogP contribution in [-0.2, 0) is 9.59 Å². The first-order chi connectivity index (χ1) is 9.75. The number of aliphatic hydroxyl groups is 2. The van der Waals surface area contributed by atoms with Crippen molar-refractivity contribution in [2.75, 3.05) is 0 Å². The maximum absolute atomic E-state index is 12.1. The third kappa shape index (κ3) is 2.76. The molecule has 0 aromatic heterocycles. The average Bonchev–Trinajstić information content (AvgIpc) is 2.36. The van der Waals surface area contributed by atoms with Crippen LogP contribution in [-0.4, -0.2) is 27.4 Å². The summed E-state index contributed by atoms with van der Waals surface area (Å²) in [5, 5.41) is 20.8. The maximum atomic E-state index is 12.1. The molecule has 0 fully saturated rings. The van der Waals surface area contributed by atoms with E-state index in [1.54, 1.807) is 12.1 Å². The summed E-state index contributed by atoms with van der Waals surface area (Å²) in [4.78, 5) is 24.1. The van der Waals surface area contributed by atoms with Gasteiger partial charge in [-0.05, 0) is 26.3 Å². The molecule has 0 amide bonds. The van der Waals surface area contributed by atoms with E-state index in [0.717, 1.165) is 5.56 Å². The molecule has 1 aliphatic rings. The van der Waals surface area contributed by atoms with Crippen molar-refractivity contribution >= 4 is 11.6 Å². The van der Waals surface area contributed by atoms with Crippen LogP contribution in [0.25, 0.3) is 0 Å². The first-order valence-electron chi connectivity index (χ1n) is 6.96. The van der Waals surface area contributed by atoms with Crippen molar-refractivity contribution in [3.63, 3.8) is 0 Å². The minimum absolute atomic E-state index is 0.0878. The van der Waals surface area contributed by atoms with Crippen molar-refractivity contribution in [1.29, 1.82) is 0 Å². The monoisotopic (exact) mass is 288 g/mol. The van der Waals surface area contributed by atoms with Crippen LogP contribution in [0.15, 0.2) is 41.7 Å². The largest absolute Gasteiger partial charge is 0.512 e. The number of hydrogen-bond acceptors (Lipinski definition) is 4. The lowest BCUT2D eigenvalue weighted by Crippen LogP contribution is -2.47. The third-order valence-electron chi connectivity index (χ3n) is 4.13. The van der Waals surface area contributed by atoms with E-state index in [2.05, 4.69) is 0 Å². The fourth-order valence-corrected chi connectivity index (χ4v) is 3.36. The molecule has 3 atom stereocenters. The molecule has 1 aliphatic carbocycles. The van der Waals surface area contributed by atoms with Crippen LogP contribution < -0.4 is 0 Å². The summed E-state index contributed by atoms with van der Waals surface area (Å²) in [6, 6.07) is 9.07. The lowest BCUT2D eigenvalue weighted by molar-refractivity contribution is -0.132. The first-order valence-corrected chi connectivity index (χ1v) is 6.96. The molecule has 1 aromatic carbocycles. The Hall–Kier alpha value is -1.94. The molecular weight excluding hydrogens is 268 g/mol. The van der Waals surface area contributed by atoms with Gasteiger partial charge in [-0.25, -0.2) is 0 Å². The molecule has 21 heavy (non-hydrogen) atoms. The molecule has 4 nitrogen and oxygen atoms in total. The molecule has 1 aromatic rings. The van der Waals surface area contributed by atoms with Gasteiger partial charge in [0.05, 0.1) is 11.5 Å². The molecule has 0 saturated carbocycles. The minimum Gasteiger partial charge on any atom is -0.512 e. The Morgan fingerprint density at radius 3 is 2.24 bits per heavy atom. The maximum Gasteiger partial charge on any atom is 0.159 e. The van der Waals surface area contributed by atoms with Gasteiger partial charge >= 0.3 is 0 Å². The van der Waals surface area contributed by atoms with E-state index in [0.29, 0.717) is 0 Å². The molecule has 4 heteroatoms. The van der Waals surface area contributed by atoms with Crippen LogP contribution in [0.4, 0.5) is 0 Å². The topological polar surface area (TPSA) is 74.6 Å². The van der Waals surface area contributed by atoms with Crippen LogP contribution >= 0.6 is 0 Å². The number of rotatable bonds is 3. The summed E-state index contributed by atoms with van der Waals surface area (Å²) in [6.45, 7) is 4.32. The fourth-order valence-electron chi connectivity index (χ4n) is 3.36. The molecule has 0 unspecified atom stereocenters. The Morgan fingerprint density at radius 1 is 1.19 bits per heavy atom. The number of carbonyl (C=O) groups excluding carboxylic acids is 2. The predicted molar refractivity (Wildman–Crippen MR) is 78.9 cm³/mol. The van der Waals surface area contributed by atoms with Gasteiger partial charge in [-0.3, -0.25) is 9.59 Å². The first kappa shape index (κ1) is 15.4. The normalized spacial score (nSPS) is 29.3. The van der Waals surface area contributed by atoms with Crippen molar-refractivity contribution < 1.29 is 19.8 Å². The number of hydrogen-bond donors (Lipinski definition) is 2. The zero-order valence-electron chi connectivity index (χ0n) is 12.5. The summed E-state index contributed by atoms with van der Waals surface area (Å²) >= 11 is 0. The van der Waals surface area contributed by atoms with Crippen molar-refractivity contribution in [3.05, 3.63) is 47.2 Å². The van der Waals surface area contributed by atoms with Gasteiger partial charge in [0.1, 0.15) is 11.5 Å². The number of aliphatic hydroxyl groups excluding tert-OH is 1. The highest BCUT2D eigenvalue weighted by Crippen LogP contribution is 2.46. The van der Waals surface area contributed by atoms with Crippen LogP contribution in [0.1, 0.15) is 38.7 Å². The smallest absolute Gasteiger partial charge is 0.159 e. The summed E-state index contributed by atoms with van der Waals surface area (Å²) in [7, 11) is 0. The third-order valence-corrected chi connectivity index (χ3v) is 4.13. The molecule has 0 heterocycles. The van der Waals surface area contributed by atoms with Gasteiger partial charge in [0, 0.05) is 17.9 Å². The van der Waals surface area contributed by atoms with Gasteiger partial charge in [0.15, 0.2) is 5.78 Å². The molecule has 2 rings (SSSR count). The molecular formula is C17H20O4. The number of ketones is 2. The molecule has 112 valence electrons. The van der Waals surface area contributed by atoms with Gasteiger partial charge in [0.25, 0.3) is 0 Å². The van der Waals surface area contributed by atoms with Crippen molar-refractivity contribution in [2.24, 2.45) is 5.92 Å². The number of carbonyl (C=O) groups is 2. The Kier molecular flexibility index (Phi) is 4.01. The Labute approximate surface area is 124 Å². The Bertz CT molecular complexity index is 598. The molecule has 0 aliphatic heterocycles. The van der Waals surface area contributed by atoms with E-state index in [-0.39, 0.29) is 29.3 Å². The number of Topliss-reactive ketones (excluding diaryl/α,β-unsaturated/α-hetero) is 2. The zero-order valence-corrected chi connectivity index (χ0v) is 12.5. The highest BCUT2D eigenvalue weighted by atomic mass is 16.3. The second kappa shape index (κ2) is 5.45. The second-order valence-electron chi connectivity index (χ2n) is 5.93. The molecule has 0 radical (unpaired) electrons. The fraction of sp³-hybridized carbons (Fsp3) is 0.412. The minimum atomic E-state index is -1.38. The van der Waals surface area contributed by atoms with Gasteiger partial charge in [0.2, 0.25) is 0 Å². The van der Waals surface area contributed by atoms with Crippen LogP contribution in [0, 0.1) is 5.92 Å². The van der Waals surface area contributed by atoms with Gasteiger partial charge in [-0.1, -0.05) is 30.3 Å². The second-order valence-corrected chi connectivity index (χ2v) is 5.93. The summed E-state index contributed by atoms with van der Waals surface area (Å²) in [5.74, 6) is -1.97. The SMILES string of the molecule is CC(=O)C1=C(O)C[C@](C)(O)[C@@H](C(C)=O)[C@@H]1c1ccccc1. The number of benzene rings is 1. The van der Waals surface area contributed by atoms with Crippen molar-refractivity contribution in [1.82, 2.24) is 0 Å². The molecule has 2 N–H and O–H groups in total. The van der Waals surface area contributed by atoms with E-state index in [1.165, 1.54) is 20.8 Å². The van der Waals surface area contributed by atoms with Gasteiger partial charge in [-0.15, -0.1) is 0 Å². The van der Waals surface area contributed by atoms with Crippen molar-refractivity contribution in [3.8, 4) is 0 Å². The highest BCUT2D eigenvalue weighted by Gasteiger charge is 2.49. The lowest BCUT2D eigenvalue weighted by atomic mass is 9.64. The standard InChI is InChI=1S/C17H20O4/c1-10(18)14-13(20)9-17(3,21)16(11(2)19)15(14)12-7-5-4-6-8-12/h4-8,15-16,20-21H,9H2,1-3H3/t15-,16+,17+/m1/s1. The van der Waals surface area contributed by atoms with Crippen molar-refractivity contribution in [2.45, 2.75) is 38.7 Å². The van der Waals surface area contributed by atoms with E-state index < -0.39 is 17.4 Å². The average molecular weight is 288 g/mol.